The lowest BCUT2D eigenvalue weighted by Gasteiger charge is -2.11. The molecule has 0 heteroatoms. The first-order valence-electron chi connectivity index (χ1n) is 9.45. The van der Waals surface area contributed by atoms with E-state index in [0.29, 0.717) is 5.92 Å². The van der Waals surface area contributed by atoms with Crippen LogP contribution in [0.3, 0.4) is 0 Å². The molecule has 0 N–H and O–H groups in total. The predicted octanol–water partition coefficient (Wildman–Crippen LogP) is 6.99. The monoisotopic (exact) mass is 328 g/mol. The lowest BCUT2D eigenvalue weighted by molar-refractivity contribution is 0.739. The van der Waals surface area contributed by atoms with Crippen LogP contribution < -0.4 is 0 Å². The van der Waals surface area contributed by atoms with Crippen molar-refractivity contribution in [3.8, 4) is 0 Å². The minimum absolute atomic E-state index is 0.606. The Morgan fingerprint density at radius 3 is 2.80 bits per heavy atom. The fourth-order valence-electron chi connectivity index (χ4n) is 3.25. The van der Waals surface area contributed by atoms with Crippen LogP contribution in [0.5, 0.6) is 0 Å². The molecule has 128 valence electrons. The third kappa shape index (κ3) is 5.60. The van der Waals surface area contributed by atoms with Gasteiger partial charge in [-0.05, 0) is 60.3 Å². The van der Waals surface area contributed by atoms with Crippen molar-refractivity contribution in [3.05, 3.63) is 101 Å². The topological polar surface area (TPSA) is 0 Å². The molecule has 0 saturated carbocycles. The predicted molar refractivity (Wildman–Crippen MR) is 110 cm³/mol. The molecule has 0 nitrogen and oxygen atoms in total. The van der Waals surface area contributed by atoms with E-state index in [9.17, 15) is 0 Å². The summed E-state index contributed by atoms with van der Waals surface area (Å²) < 4.78 is 0. The Balaban J connectivity index is 1.82. The summed E-state index contributed by atoms with van der Waals surface area (Å²) in [6.07, 6.45) is 28.2. The third-order valence-corrected chi connectivity index (χ3v) is 4.75. The van der Waals surface area contributed by atoms with Crippen molar-refractivity contribution in [2.75, 3.05) is 0 Å². The summed E-state index contributed by atoms with van der Waals surface area (Å²) in [5.41, 5.74) is 5.57. The third-order valence-electron chi connectivity index (χ3n) is 4.75. The molecule has 0 saturated heterocycles. The zero-order valence-corrected chi connectivity index (χ0v) is 15.2. The van der Waals surface area contributed by atoms with Gasteiger partial charge >= 0.3 is 0 Å². The fourth-order valence-corrected chi connectivity index (χ4v) is 3.25. The first kappa shape index (κ1) is 17.5. The number of rotatable bonds is 3. The van der Waals surface area contributed by atoms with Gasteiger partial charge in [-0.1, -0.05) is 91.9 Å². The van der Waals surface area contributed by atoms with Gasteiger partial charge in [-0.25, -0.2) is 0 Å². The van der Waals surface area contributed by atoms with Crippen LogP contribution in [0.15, 0.2) is 90.1 Å². The second-order valence-corrected chi connectivity index (χ2v) is 6.99. The maximum atomic E-state index is 2.41. The molecule has 0 aromatic heterocycles. The highest BCUT2D eigenvalue weighted by Gasteiger charge is 2.05. The first-order chi connectivity index (χ1) is 12.3. The smallest absolute Gasteiger partial charge is 0.00231 e. The van der Waals surface area contributed by atoms with Crippen LogP contribution in [0, 0.1) is 5.92 Å². The Bertz CT molecular complexity index is 750. The molecule has 25 heavy (non-hydrogen) atoms. The quantitative estimate of drug-likeness (QED) is 0.525. The van der Waals surface area contributed by atoms with Gasteiger partial charge in [0, 0.05) is 0 Å². The number of allylic oxidation sites excluding steroid dienone is 11. The van der Waals surface area contributed by atoms with Gasteiger partial charge in [-0.2, -0.15) is 0 Å². The van der Waals surface area contributed by atoms with E-state index in [4.69, 9.17) is 0 Å². The minimum Gasteiger partial charge on any atom is -0.0882 e. The van der Waals surface area contributed by atoms with Crippen molar-refractivity contribution in [1.82, 2.24) is 0 Å². The molecule has 1 aromatic carbocycles. The SMILES string of the molecule is CC1/C=C\C(Cc2ccccc2/C=C2/C=CC=CC2)=CCC/C=C\C1. The molecule has 2 aliphatic rings. The van der Waals surface area contributed by atoms with Crippen molar-refractivity contribution in [3.63, 3.8) is 0 Å². The minimum atomic E-state index is 0.606. The van der Waals surface area contributed by atoms with E-state index in [1.807, 2.05) is 0 Å². The average Bonchev–Trinajstić information content (AvgIpc) is 2.64. The van der Waals surface area contributed by atoms with Crippen LogP contribution >= 0.6 is 0 Å². The van der Waals surface area contributed by atoms with E-state index in [2.05, 4.69) is 91.9 Å². The zero-order valence-electron chi connectivity index (χ0n) is 15.2. The van der Waals surface area contributed by atoms with Gasteiger partial charge in [0.15, 0.2) is 0 Å². The molecule has 1 atom stereocenters. The molecule has 1 aromatic rings. The highest BCUT2D eigenvalue weighted by atomic mass is 14.1. The lowest BCUT2D eigenvalue weighted by atomic mass is 9.94. The highest BCUT2D eigenvalue weighted by molar-refractivity contribution is 5.61. The van der Waals surface area contributed by atoms with Crippen molar-refractivity contribution in [2.24, 2.45) is 5.92 Å². The summed E-state index contributed by atoms with van der Waals surface area (Å²) in [5, 5.41) is 0. The Morgan fingerprint density at radius 2 is 1.92 bits per heavy atom. The van der Waals surface area contributed by atoms with Crippen molar-refractivity contribution in [2.45, 2.75) is 39.0 Å². The molecule has 0 radical (unpaired) electrons. The molecule has 3 rings (SSSR count). The van der Waals surface area contributed by atoms with Crippen molar-refractivity contribution >= 4 is 6.08 Å². The largest absolute Gasteiger partial charge is 0.0882 e. The number of hydrogen-bond acceptors (Lipinski definition) is 0. The van der Waals surface area contributed by atoms with Crippen LogP contribution in [-0.4, -0.2) is 0 Å². The second kappa shape index (κ2) is 9.22. The van der Waals surface area contributed by atoms with Gasteiger partial charge in [0.2, 0.25) is 0 Å². The molecule has 1 unspecified atom stereocenters. The Kier molecular flexibility index (Phi) is 6.45. The molecule has 0 aliphatic heterocycles. The highest BCUT2D eigenvalue weighted by Crippen LogP contribution is 2.22. The van der Waals surface area contributed by atoms with E-state index in [1.54, 1.807) is 0 Å². The van der Waals surface area contributed by atoms with Crippen LogP contribution in [0.2, 0.25) is 0 Å². The van der Waals surface area contributed by atoms with Gasteiger partial charge < -0.3 is 0 Å². The van der Waals surface area contributed by atoms with E-state index in [-0.39, 0.29) is 0 Å². The van der Waals surface area contributed by atoms with Crippen LogP contribution in [0.1, 0.15) is 43.7 Å². The summed E-state index contributed by atoms with van der Waals surface area (Å²) >= 11 is 0. The molecule has 0 spiro atoms. The molecule has 2 aliphatic carbocycles. The van der Waals surface area contributed by atoms with Crippen LogP contribution in [0.25, 0.3) is 6.08 Å². The number of benzene rings is 1. The van der Waals surface area contributed by atoms with E-state index >= 15 is 0 Å². The summed E-state index contributed by atoms with van der Waals surface area (Å²) in [6.45, 7) is 2.29. The molecular weight excluding hydrogens is 300 g/mol. The summed E-state index contributed by atoms with van der Waals surface area (Å²) in [6, 6.07) is 8.81. The second-order valence-electron chi connectivity index (χ2n) is 6.99. The first-order valence-corrected chi connectivity index (χ1v) is 9.45. The Labute approximate surface area is 152 Å². The lowest BCUT2D eigenvalue weighted by Crippen LogP contribution is -1.95. The molecule has 0 bridgehead atoms. The summed E-state index contributed by atoms with van der Waals surface area (Å²) in [7, 11) is 0. The molecule has 0 heterocycles. The average molecular weight is 328 g/mol. The van der Waals surface area contributed by atoms with Gasteiger partial charge in [0.25, 0.3) is 0 Å². The van der Waals surface area contributed by atoms with Gasteiger partial charge in [0.05, 0.1) is 0 Å². The van der Waals surface area contributed by atoms with E-state index in [1.165, 1.54) is 22.3 Å². The Hall–Kier alpha value is -2.34. The van der Waals surface area contributed by atoms with Crippen molar-refractivity contribution < 1.29 is 0 Å². The zero-order chi connectivity index (χ0) is 17.3. The summed E-state index contributed by atoms with van der Waals surface area (Å²) in [5.74, 6) is 0.606. The fraction of sp³-hybridized carbons (Fsp3) is 0.280. The van der Waals surface area contributed by atoms with Crippen LogP contribution in [0.4, 0.5) is 0 Å². The normalized spacial score (nSPS) is 24.8. The maximum Gasteiger partial charge on any atom is -0.00231 e. The Morgan fingerprint density at radius 1 is 1.00 bits per heavy atom. The standard InChI is InChI=1S/C25H28/c1-21-11-5-2-3-6-14-23(18-17-21)20-25-16-10-9-15-24(25)19-22-12-7-4-8-13-22/h2,4-5,7-10,12,14-19,21H,3,6,11,13,20H2,1H3/b5-2-,18-17-,22-19-,23-14?. The molecular formula is C25H28. The van der Waals surface area contributed by atoms with Crippen LogP contribution in [-0.2, 0) is 6.42 Å². The molecule has 0 fully saturated rings. The van der Waals surface area contributed by atoms with Gasteiger partial charge in [-0.15, -0.1) is 0 Å². The maximum absolute atomic E-state index is 2.41. The van der Waals surface area contributed by atoms with E-state index < -0.39 is 0 Å². The van der Waals surface area contributed by atoms with Crippen molar-refractivity contribution in [1.29, 1.82) is 0 Å². The number of hydrogen-bond donors (Lipinski definition) is 0. The summed E-state index contributed by atoms with van der Waals surface area (Å²) in [4.78, 5) is 0. The van der Waals surface area contributed by atoms with Gasteiger partial charge in [0.1, 0.15) is 0 Å². The van der Waals surface area contributed by atoms with E-state index in [0.717, 1.165) is 32.1 Å². The van der Waals surface area contributed by atoms with Gasteiger partial charge in [-0.3, -0.25) is 0 Å². The molecule has 0 amide bonds.